The lowest BCUT2D eigenvalue weighted by Gasteiger charge is -2.22. The highest BCUT2D eigenvalue weighted by Crippen LogP contribution is 2.17. The molecule has 0 heterocycles. The summed E-state index contributed by atoms with van der Waals surface area (Å²) in [5.41, 5.74) is 3.96. The number of alkyl halides is 2. The van der Waals surface area contributed by atoms with Crippen molar-refractivity contribution >= 4 is 11.8 Å². The number of hydrogen-bond donors (Lipinski definition) is 1. The third-order valence-electron chi connectivity index (χ3n) is 1.12. The summed E-state index contributed by atoms with van der Waals surface area (Å²) in [5, 5.41) is 0. The Labute approximate surface area is 64.4 Å². The molecule has 0 aliphatic rings. The van der Waals surface area contributed by atoms with Gasteiger partial charge in [0.25, 0.3) is 6.43 Å². The molecule has 0 spiro atoms. The molecule has 62 valence electrons. The van der Waals surface area contributed by atoms with Gasteiger partial charge < -0.3 is 5.73 Å². The Kier molecular flexibility index (Phi) is 4.20. The van der Waals surface area contributed by atoms with E-state index in [4.69, 9.17) is 5.73 Å². The van der Waals surface area contributed by atoms with Gasteiger partial charge in [0.15, 0.2) is 0 Å². The minimum Gasteiger partial charge on any atom is -0.320 e. The van der Waals surface area contributed by atoms with E-state index in [2.05, 4.69) is 0 Å². The second-order valence-electron chi connectivity index (χ2n) is 2.44. The summed E-state index contributed by atoms with van der Waals surface area (Å²) in [6, 6.07) is 0. The summed E-state index contributed by atoms with van der Waals surface area (Å²) in [7, 11) is 0. The Morgan fingerprint density at radius 2 is 2.10 bits per heavy atom. The fraction of sp³-hybridized carbons (Fsp3) is 1.00. The van der Waals surface area contributed by atoms with Crippen LogP contribution in [0.3, 0.4) is 0 Å². The minimum absolute atomic E-state index is 0.321. The summed E-state index contributed by atoms with van der Waals surface area (Å²) in [4.78, 5) is 0. The molecule has 0 fully saturated rings. The van der Waals surface area contributed by atoms with Gasteiger partial charge in [-0.3, -0.25) is 0 Å². The normalized spacial score (nSPS) is 17.4. The Morgan fingerprint density at radius 3 is 2.40 bits per heavy atom. The van der Waals surface area contributed by atoms with E-state index in [1.165, 1.54) is 18.7 Å². The fourth-order valence-electron chi connectivity index (χ4n) is 0.385. The second-order valence-corrected chi connectivity index (χ2v) is 3.72. The van der Waals surface area contributed by atoms with Crippen LogP contribution >= 0.6 is 11.8 Å². The summed E-state index contributed by atoms with van der Waals surface area (Å²) in [6.45, 7) is 3.30. The topological polar surface area (TPSA) is 26.0 Å². The third kappa shape index (κ3) is 3.37. The Morgan fingerprint density at radius 1 is 1.60 bits per heavy atom. The standard InChI is InChI=1S/C6H13F2NS/c1-3-10-4-6(2,9)5(7)8/h5H,3-4,9H2,1-2H3. The van der Waals surface area contributed by atoms with Gasteiger partial charge in [-0.2, -0.15) is 11.8 Å². The molecule has 0 amide bonds. The molecule has 1 atom stereocenters. The van der Waals surface area contributed by atoms with E-state index in [-0.39, 0.29) is 0 Å². The molecule has 0 aromatic heterocycles. The maximum Gasteiger partial charge on any atom is 0.256 e. The summed E-state index contributed by atoms with van der Waals surface area (Å²) in [6.07, 6.45) is -2.42. The van der Waals surface area contributed by atoms with Crippen LogP contribution < -0.4 is 5.73 Å². The molecule has 0 radical (unpaired) electrons. The lowest BCUT2D eigenvalue weighted by molar-refractivity contribution is 0.0765. The molecule has 0 aliphatic heterocycles. The summed E-state index contributed by atoms with van der Waals surface area (Å²) in [5.74, 6) is 1.15. The van der Waals surface area contributed by atoms with Gasteiger partial charge in [0.2, 0.25) is 0 Å². The van der Waals surface area contributed by atoms with Gasteiger partial charge in [0.1, 0.15) is 0 Å². The molecule has 0 aliphatic carbocycles. The number of hydrogen-bond acceptors (Lipinski definition) is 2. The first kappa shape index (κ1) is 10.2. The number of nitrogens with two attached hydrogens (primary N) is 1. The number of halogens is 2. The first-order chi connectivity index (χ1) is 4.50. The lowest BCUT2D eigenvalue weighted by Crippen LogP contribution is -2.46. The van der Waals surface area contributed by atoms with Crippen molar-refractivity contribution in [3.63, 3.8) is 0 Å². The second kappa shape index (κ2) is 4.13. The van der Waals surface area contributed by atoms with Crippen molar-refractivity contribution in [2.24, 2.45) is 5.73 Å². The average Bonchev–Trinajstić information content (AvgIpc) is 1.84. The van der Waals surface area contributed by atoms with Gasteiger partial charge in [-0.05, 0) is 12.7 Å². The van der Waals surface area contributed by atoms with Crippen molar-refractivity contribution in [1.82, 2.24) is 0 Å². The van der Waals surface area contributed by atoms with Crippen LogP contribution in [-0.4, -0.2) is 23.5 Å². The molecule has 0 saturated heterocycles. The van der Waals surface area contributed by atoms with Crippen LogP contribution in [0.25, 0.3) is 0 Å². The summed E-state index contributed by atoms with van der Waals surface area (Å²) >= 11 is 1.44. The van der Waals surface area contributed by atoms with Crippen molar-refractivity contribution in [3.05, 3.63) is 0 Å². The van der Waals surface area contributed by atoms with E-state index in [0.29, 0.717) is 5.75 Å². The maximum atomic E-state index is 12.0. The predicted octanol–water partition coefficient (Wildman–Crippen LogP) is 1.72. The highest BCUT2D eigenvalue weighted by atomic mass is 32.2. The van der Waals surface area contributed by atoms with Crippen LogP contribution in [0.1, 0.15) is 13.8 Å². The number of thioether (sulfide) groups is 1. The van der Waals surface area contributed by atoms with Crippen LogP contribution in [0.4, 0.5) is 8.78 Å². The van der Waals surface area contributed by atoms with E-state index in [1.54, 1.807) is 0 Å². The Bertz CT molecular complexity index is 95.7. The lowest BCUT2D eigenvalue weighted by atomic mass is 10.1. The van der Waals surface area contributed by atoms with E-state index in [1.807, 2.05) is 6.92 Å². The fourth-order valence-corrected chi connectivity index (χ4v) is 1.15. The van der Waals surface area contributed by atoms with E-state index in [9.17, 15) is 8.78 Å². The molecule has 4 heteroatoms. The molecule has 0 saturated carbocycles. The molecule has 1 unspecified atom stereocenters. The average molecular weight is 169 g/mol. The number of rotatable bonds is 4. The van der Waals surface area contributed by atoms with Crippen molar-refractivity contribution in [2.45, 2.75) is 25.8 Å². The molecule has 1 nitrogen and oxygen atoms in total. The molecule has 0 rings (SSSR count). The monoisotopic (exact) mass is 169 g/mol. The molecule has 0 aromatic rings. The van der Waals surface area contributed by atoms with Gasteiger partial charge in [-0.1, -0.05) is 6.92 Å². The van der Waals surface area contributed by atoms with Gasteiger partial charge >= 0.3 is 0 Å². The minimum atomic E-state index is -2.42. The van der Waals surface area contributed by atoms with Gasteiger partial charge in [-0.15, -0.1) is 0 Å². The molecule has 0 bridgehead atoms. The van der Waals surface area contributed by atoms with E-state index < -0.39 is 12.0 Å². The van der Waals surface area contributed by atoms with Crippen molar-refractivity contribution in [3.8, 4) is 0 Å². The highest BCUT2D eigenvalue weighted by Gasteiger charge is 2.29. The Balaban J connectivity index is 3.63. The first-order valence-corrected chi connectivity index (χ1v) is 4.31. The Hall–Kier alpha value is 0.170. The molecule has 2 N–H and O–H groups in total. The molecular formula is C6H13F2NS. The largest absolute Gasteiger partial charge is 0.320 e. The van der Waals surface area contributed by atoms with Crippen molar-refractivity contribution < 1.29 is 8.78 Å². The highest BCUT2D eigenvalue weighted by molar-refractivity contribution is 7.99. The first-order valence-electron chi connectivity index (χ1n) is 3.15. The van der Waals surface area contributed by atoms with Crippen LogP contribution in [0.2, 0.25) is 0 Å². The zero-order valence-electron chi connectivity index (χ0n) is 6.23. The quantitative estimate of drug-likeness (QED) is 0.693. The summed E-state index contributed by atoms with van der Waals surface area (Å²) < 4.78 is 24.0. The van der Waals surface area contributed by atoms with Crippen LogP contribution in [0.15, 0.2) is 0 Å². The van der Waals surface area contributed by atoms with E-state index in [0.717, 1.165) is 5.75 Å². The molecular weight excluding hydrogens is 156 g/mol. The van der Waals surface area contributed by atoms with Gasteiger partial charge in [0, 0.05) is 5.75 Å². The van der Waals surface area contributed by atoms with Gasteiger partial charge in [0.05, 0.1) is 5.54 Å². The SMILES string of the molecule is CCSCC(C)(N)C(F)F. The smallest absolute Gasteiger partial charge is 0.256 e. The van der Waals surface area contributed by atoms with Crippen molar-refractivity contribution in [1.29, 1.82) is 0 Å². The van der Waals surface area contributed by atoms with E-state index >= 15 is 0 Å². The zero-order chi connectivity index (χ0) is 8.20. The van der Waals surface area contributed by atoms with Crippen LogP contribution in [-0.2, 0) is 0 Å². The predicted molar refractivity (Wildman–Crippen MR) is 41.6 cm³/mol. The van der Waals surface area contributed by atoms with Crippen LogP contribution in [0.5, 0.6) is 0 Å². The molecule has 10 heavy (non-hydrogen) atoms. The molecule has 0 aromatic carbocycles. The van der Waals surface area contributed by atoms with Crippen LogP contribution in [0, 0.1) is 0 Å². The maximum absolute atomic E-state index is 12.0. The van der Waals surface area contributed by atoms with Gasteiger partial charge in [-0.25, -0.2) is 8.78 Å². The zero-order valence-corrected chi connectivity index (χ0v) is 7.05. The third-order valence-corrected chi connectivity index (χ3v) is 2.35. The van der Waals surface area contributed by atoms with Crippen molar-refractivity contribution in [2.75, 3.05) is 11.5 Å².